The van der Waals surface area contributed by atoms with Crippen molar-refractivity contribution in [2.24, 2.45) is 0 Å². The summed E-state index contributed by atoms with van der Waals surface area (Å²) in [5.41, 5.74) is 3.65. The number of nitrogens with one attached hydrogen (secondary N) is 2. The van der Waals surface area contributed by atoms with E-state index in [0.29, 0.717) is 19.6 Å². The molecule has 1 aliphatic carbocycles. The molecule has 2 aliphatic rings. The van der Waals surface area contributed by atoms with Crippen molar-refractivity contribution in [1.82, 2.24) is 19.5 Å². The molecule has 1 unspecified atom stereocenters. The highest BCUT2D eigenvalue weighted by molar-refractivity contribution is 7.44. The second-order valence-corrected chi connectivity index (χ2v) is 15.8. The van der Waals surface area contributed by atoms with Crippen LogP contribution in [-0.4, -0.2) is 84.3 Å². The van der Waals surface area contributed by atoms with Crippen molar-refractivity contribution in [2.45, 2.75) is 116 Å². The van der Waals surface area contributed by atoms with Gasteiger partial charge in [-0.25, -0.2) is 9.46 Å². The van der Waals surface area contributed by atoms with Gasteiger partial charge in [0.05, 0.1) is 17.8 Å². The molecule has 1 amide bonds. The van der Waals surface area contributed by atoms with E-state index < -0.39 is 38.2 Å². The molecule has 2 heterocycles. The number of carbonyl (C=O) groups is 2. The molecule has 1 fully saturated rings. The summed E-state index contributed by atoms with van der Waals surface area (Å²) in [5.74, 6) is -0.487. The quantitative estimate of drug-likeness (QED) is 0.0518. The van der Waals surface area contributed by atoms with E-state index >= 15 is 0 Å². The summed E-state index contributed by atoms with van der Waals surface area (Å²) in [7, 11) is 1.44. The van der Waals surface area contributed by atoms with Crippen LogP contribution in [0.25, 0.3) is 17.2 Å². The zero-order valence-corrected chi connectivity index (χ0v) is 34.3. The number of amides is 1. The Bertz CT molecular complexity index is 1870. The molecule has 1 aromatic heterocycles. The lowest BCUT2D eigenvalue weighted by atomic mass is 9.98. The van der Waals surface area contributed by atoms with E-state index in [4.69, 9.17) is 21.3 Å². The smallest absolute Gasteiger partial charge is 0.330 e. The van der Waals surface area contributed by atoms with E-state index in [1.54, 1.807) is 7.11 Å². The van der Waals surface area contributed by atoms with Gasteiger partial charge in [-0.3, -0.25) is 23.9 Å². The second kappa shape index (κ2) is 22.1. The molecule has 3 N–H and O–H groups in total. The molecule has 1 aliphatic heterocycles. The monoisotopic (exact) mass is 797 g/mol. The Morgan fingerprint density at radius 3 is 2.32 bits per heavy atom. The fraction of sp³-hybridized carbons (Fsp3) is 0.524. The lowest BCUT2D eigenvalue weighted by molar-refractivity contribution is -0.144. The van der Waals surface area contributed by atoms with Crippen molar-refractivity contribution in [1.29, 1.82) is 1.43 Å². The summed E-state index contributed by atoms with van der Waals surface area (Å²) in [4.78, 5) is 52.8. The van der Waals surface area contributed by atoms with E-state index in [1.807, 2.05) is 24.3 Å². The van der Waals surface area contributed by atoms with Crippen LogP contribution < -0.4 is 16.6 Å². The van der Waals surface area contributed by atoms with E-state index in [0.717, 1.165) is 32.1 Å². The lowest BCUT2D eigenvalue weighted by Gasteiger charge is -2.36. The van der Waals surface area contributed by atoms with Gasteiger partial charge >= 0.3 is 11.7 Å². The SMILES string of the molecule is [2H]C[C@H]1O[C@@H](n2cc(/C=C/C(=O)NCCCCCCCC(=O)OCC3c4ccccc4-c4ccccc43)c(=O)[nH]c2=O)C[C@H]1OP(OC)N(C(C)C)C(C)C.[3H]OC. The van der Waals surface area contributed by atoms with Crippen molar-refractivity contribution in [3.05, 3.63) is 98.3 Å². The van der Waals surface area contributed by atoms with E-state index in [1.165, 1.54) is 52.3 Å². The molecule has 1 saturated heterocycles. The van der Waals surface area contributed by atoms with Gasteiger partial charge in [-0.15, -0.1) is 0 Å². The van der Waals surface area contributed by atoms with Crippen LogP contribution in [0.4, 0.5) is 0 Å². The van der Waals surface area contributed by atoms with Crippen molar-refractivity contribution in [3.8, 4) is 11.1 Å². The molecule has 0 radical (unpaired) electrons. The average molecular weight is 798 g/mol. The molecular weight excluding hydrogens is 735 g/mol. The van der Waals surface area contributed by atoms with E-state index in [-0.39, 0.29) is 48.8 Å². The van der Waals surface area contributed by atoms with Crippen LogP contribution in [0.15, 0.2) is 70.4 Å². The molecule has 56 heavy (non-hydrogen) atoms. The lowest BCUT2D eigenvalue weighted by Crippen LogP contribution is -2.35. The molecule has 0 spiro atoms. The summed E-state index contributed by atoms with van der Waals surface area (Å²) in [6.45, 7) is 8.96. The topological polar surface area (TPSA) is 161 Å². The average Bonchev–Trinajstić information content (AvgIpc) is 3.75. The molecule has 14 heteroatoms. The molecule has 0 saturated carbocycles. The number of carbonyl (C=O) groups excluding carboxylic acids is 2. The van der Waals surface area contributed by atoms with E-state index in [9.17, 15) is 19.2 Å². The minimum atomic E-state index is -1.44. The number of aromatic amines is 1. The van der Waals surface area contributed by atoms with Crippen molar-refractivity contribution >= 4 is 26.5 Å². The van der Waals surface area contributed by atoms with Crippen LogP contribution in [0.1, 0.15) is 110 Å². The number of ether oxygens (including phenoxy) is 2. The Hall–Kier alpha value is -3.97. The third-order valence-electron chi connectivity index (χ3n) is 9.76. The number of hydrogen-bond donors (Lipinski definition) is 3. The molecule has 13 nitrogen and oxygen atoms in total. The third kappa shape index (κ3) is 11.8. The van der Waals surface area contributed by atoms with Crippen LogP contribution in [0.3, 0.4) is 0 Å². The van der Waals surface area contributed by atoms with Crippen molar-refractivity contribution in [3.63, 3.8) is 0 Å². The van der Waals surface area contributed by atoms with Gasteiger partial charge in [0.2, 0.25) is 7.34 Å². The zero-order chi connectivity index (χ0) is 42.2. The maximum Gasteiger partial charge on any atom is 0.330 e. The van der Waals surface area contributed by atoms with Crippen molar-refractivity contribution < 1.29 is 34.6 Å². The summed E-state index contributed by atoms with van der Waals surface area (Å²) in [5, 5.41) is 6.33. The maximum absolute atomic E-state index is 12.8. The molecule has 3 aromatic rings. The van der Waals surface area contributed by atoms with Crippen LogP contribution in [0.5, 0.6) is 0 Å². The van der Waals surface area contributed by atoms with Gasteiger partial charge in [0, 0.05) is 65.3 Å². The number of aliphatic hydroxyl groups is 1. The molecule has 5 rings (SSSR count). The number of aliphatic hydroxyl groups excluding tert-OH is 1. The van der Waals surface area contributed by atoms with Crippen LogP contribution in [0, 0.1) is 0 Å². The highest BCUT2D eigenvalue weighted by Gasteiger charge is 2.39. The Morgan fingerprint density at radius 1 is 1.07 bits per heavy atom. The molecule has 0 bridgehead atoms. The first-order valence-electron chi connectivity index (χ1n) is 20.4. The number of H-pyrrole nitrogens is 1. The maximum atomic E-state index is 12.8. The summed E-state index contributed by atoms with van der Waals surface area (Å²) in [6.07, 6.45) is 7.00. The van der Waals surface area contributed by atoms with Gasteiger partial charge < -0.3 is 28.9 Å². The predicted molar refractivity (Wildman–Crippen MR) is 219 cm³/mol. The highest BCUT2D eigenvalue weighted by atomic mass is 31.2. The fourth-order valence-corrected chi connectivity index (χ4v) is 8.74. The van der Waals surface area contributed by atoms with Gasteiger partial charge in [-0.05, 0) is 75.8 Å². The largest absolute Gasteiger partial charge is 0.465 e. The molecule has 306 valence electrons. The van der Waals surface area contributed by atoms with Crippen LogP contribution in [0.2, 0.25) is 0 Å². The standard InChI is InChI=1S/C41H55N4O8P.CH4O/c1-27(2)45(28(3)4)54(50-6)53-36-24-38(52-29(36)5)44-25-30(40(48)43-41(44)49)21-22-37(46)42-23-15-9-7-8-10-20-39(47)51-26-35-33-18-13-11-16-31(33)32-17-12-14-19-34(32)35;1-2/h11-14,16-19,21-22,25,27-29,35-36,38H,7-10,15,20,23-24,26H2,1-6H3,(H,42,46)(H,43,48,49);2H,1H3/b22-21+;/t29-,36-,38-,54?;/m1./s1/i5D;2T. The third-order valence-corrected chi connectivity index (χ3v) is 11.8. The van der Waals surface area contributed by atoms with Gasteiger partial charge in [0.15, 0.2) is 0 Å². The highest BCUT2D eigenvalue weighted by Crippen LogP contribution is 2.49. The first-order valence-corrected chi connectivity index (χ1v) is 20.4. The Labute approximate surface area is 334 Å². The van der Waals surface area contributed by atoms with E-state index in [2.05, 4.69) is 72.0 Å². The van der Waals surface area contributed by atoms with Crippen LogP contribution in [-0.2, 0) is 28.1 Å². The predicted octanol–water partition coefficient (Wildman–Crippen LogP) is 6.66. The first-order chi connectivity index (χ1) is 27.9. The van der Waals surface area contributed by atoms with Gasteiger partial charge in [0.1, 0.15) is 12.8 Å². The minimum absolute atomic E-state index is 0.0568. The number of esters is 1. The van der Waals surface area contributed by atoms with Gasteiger partial charge in [-0.2, -0.15) is 0 Å². The summed E-state index contributed by atoms with van der Waals surface area (Å²) < 4.78 is 41.0. The number of nitrogens with zero attached hydrogens (tertiary/aromatic N) is 2. The summed E-state index contributed by atoms with van der Waals surface area (Å²) in [6, 6.07) is 16.9. The van der Waals surface area contributed by atoms with Gasteiger partial charge in [-0.1, -0.05) is 67.8 Å². The second-order valence-electron chi connectivity index (χ2n) is 14.3. The molecule has 4 atom stereocenters. The number of fused-ring (bicyclic) bond motifs is 3. The Morgan fingerprint density at radius 2 is 1.70 bits per heavy atom. The van der Waals surface area contributed by atoms with Crippen molar-refractivity contribution in [2.75, 3.05) is 27.4 Å². The Kier molecular flexibility index (Phi) is 16.4. The number of unbranched alkanes of at least 4 members (excludes halogenated alkanes) is 4. The number of aromatic nitrogens is 2. The summed E-state index contributed by atoms with van der Waals surface area (Å²) >= 11 is 0. The number of rotatable bonds is 19. The fourth-order valence-electron chi connectivity index (χ4n) is 7.15. The molecule has 2 aromatic carbocycles. The zero-order valence-electron chi connectivity index (χ0n) is 35.4. The first kappa shape index (κ1) is 41.7. The molecular formula is C42H59N4O9P. The Balaban J connectivity index is 0.00000240. The van der Waals surface area contributed by atoms with Gasteiger partial charge in [0.25, 0.3) is 14.1 Å². The minimum Gasteiger partial charge on any atom is -0.465 e. The number of hydrogen-bond acceptors (Lipinski definition) is 10. The normalized spacial score (nSPS) is 18.7. The number of benzene rings is 2. The van der Waals surface area contributed by atoms with Crippen LogP contribution >= 0.6 is 8.53 Å².